The zero-order valence-electron chi connectivity index (χ0n) is 11.0. The summed E-state index contributed by atoms with van der Waals surface area (Å²) < 4.78 is 18.2. The lowest BCUT2D eigenvalue weighted by molar-refractivity contribution is -0.121. The van der Waals surface area contributed by atoms with Crippen LogP contribution in [0.4, 0.5) is 4.39 Å². The van der Waals surface area contributed by atoms with Crippen molar-refractivity contribution in [3.05, 3.63) is 29.6 Å². The number of nitrogens with one attached hydrogen (secondary N) is 1. The van der Waals surface area contributed by atoms with Gasteiger partial charge in [-0.05, 0) is 36.6 Å². The molecule has 0 bridgehead atoms. The fourth-order valence-corrected chi connectivity index (χ4v) is 1.70. The van der Waals surface area contributed by atoms with Gasteiger partial charge in [0.2, 0.25) is 5.91 Å². The first kappa shape index (κ1) is 14.5. The molecule has 1 aromatic rings. The normalized spacial score (nSPS) is 10.2. The molecule has 3 nitrogen and oxygen atoms in total. The van der Waals surface area contributed by atoms with Crippen molar-refractivity contribution >= 4 is 5.91 Å². The van der Waals surface area contributed by atoms with E-state index in [1.165, 1.54) is 12.1 Å². The number of amides is 1. The molecule has 0 unspecified atom stereocenters. The van der Waals surface area contributed by atoms with Crippen LogP contribution in [0.15, 0.2) is 18.2 Å². The molecule has 0 aromatic heterocycles. The summed E-state index contributed by atoms with van der Waals surface area (Å²) in [5.41, 5.74) is 0.772. The largest absolute Gasteiger partial charge is 0.496 e. The number of unbranched alkanes of at least 4 members (excludes halogenated alkanes) is 1. The Morgan fingerprint density at radius 3 is 2.89 bits per heavy atom. The van der Waals surface area contributed by atoms with Crippen molar-refractivity contribution in [1.82, 2.24) is 5.32 Å². The Morgan fingerprint density at radius 2 is 2.22 bits per heavy atom. The maximum atomic E-state index is 13.1. The molecule has 1 N–H and O–H groups in total. The molecule has 100 valence electrons. The highest BCUT2D eigenvalue weighted by molar-refractivity contribution is 5.75. The first-order valence-electron chi connectivity index (χ1n) is 6.26. The molecule has 0 radical (unpaired) electrons. The smallest absolute Gasteiger partial charge is 0.220 e. The van der Waals surface area contributed by atoms with Gasteiger partial charge in [0.1, 0.15) is 11.6 Å². The lowest BCUT2D eigenvalue weighted by atomic mass is 10.1. The quantitative estimate of drug-likeness (QED) is 0.811. The van der Waals surface area contributed by atoms with E-state index in [1.807, 2.05) is 6.92 Å². The van der Waals surface area contributed by atoms with Crippen molar-refractivity contribution in [2.45, 2.75) is 32.6 Å². The second kappa shape index (κ2) is 7.69. The highest BCUT2D eigenvalue weighted by Crippen LogP contribution is 2.19. The SMILES string of the molecule is CCCCC(=O)NCCc1cc(F)ccc1OC. The van der Waals surface area contributed by atoms with Gasteiger partial charge in [0.25, 0.3) is 0 Å². The van der Waals surface area contributed by atoms with Crippen LogP contribution in [0.3, 0.4) is 0 Å². The van der Waals surface area contributed by atoms with Crippen LogP contribution in [0.5, 0.6) is 5.75 Å². The predicted molar refractivity (Wildman–Crippen MR) is 69.2 cm³/mol. The van der Waals surface area contributed by atoms with Gasteiger partial charge < -0.3 is 10.1 Å². The summed E-state index contributed by atoms with van der Waals surface area (Å²) >= 11 is 0. The van der Waals surface area contributed by atoms with Gasteiger partial charge in [0.05, 0.1) is 7.11 Å². The Kier molecular flexibility index (Phi) is 6.19. The summed E-state index contributed by atoms with van der Waals surface area (Å²) in [5.74, 6) is 0.412. The van der Waals surface area contributed by atoms with Gasteiger partial charge in [0.15, 0.2) is 0 Å². The van der Waals surface area contributed by atoms with Crippen molar-refractivity contribution in [3.63, 3.8) is 0 Å². The van der Waals surface area contributed by atoms with E-state index in [0.29, 0.717) is 25.1 Å². The van der Waals surface area contributed by atoms with Crippen LogP contribution in [0, 0.1) is 5.82 Å². The molecule has 0 aliphatic rings. The molecule has 0 heterocycles. The van der Waals surface area contributed by atoms with Crippen LogP contribution in [-0.2, 0) is 11.2 Å². The van der Waals surface area contributed by atoms with E-state index in [0.717, 1.165) is 18.4 Å². The third-order valence-corrected chi connectivity index (χ3v) is 2.72. The molecular formula is C14H20FNO2. The Labute approximate surface area is 107 Å². The third kappa shape index (κ3) is 4.73. The van der Waals surface area contributed by atoms with Crippen molar-refractivity contribution in [3.8, 4) is 5.75 Å². The second-order valence-corrected chi connectivity index (χ2v) is 4.16. The molecule has 18 heavy (non-hydrogen) atoms. The number of halogens is 1. The monoisotopic (exact) mass is 253 g/mol. The van der Waals surface area contributed by atoms with E-state index < -0.39 is 0 Å². The molecule has 0 aliphatic carbocycles. The molecule has 0 saturated carbocycles. The lowest BCUT2D eigenvalue weighted by Gasteiger charge is -2.09. The van der Waals surface area contributed by atoms with Crippen LogP contribution in [0.2, 0.25) is 0 Å². The predicted octanol–water partition coefficient (Wildman–Crippen LogP) is 2.68. The van der Waals surface area contributed by atoms with Gasteiger partial charge in [-0.25, -0.2) is 4.39 Å². The van der Waals surface area contributed by atoms with E-state index in [9.17, 15) is 9.18 Å². The number of rotatable bonds is 7. The molecular weight excluding hydrogens is 233 g/mol. The molecule has 0 fully saturated rings. The summed E-state index contributed by atoms with van der Waals surface area (Å²) in [4.78, 5) is 11.4. The molecule has 1 aromatic carbocycles. The van der Waals surface area contributed by atoms with Crippen molar-refractivity contribution < 1.29 is 13.9 Å². The molecule has 1 amide bonds. The van der Waals surface area contributed by atoms with Crippen molar-refractivity contribution in [2.24, 2.45) is 0 Å². The minimum Gasteiger partial charge on any atom is -0.496 e. The highest BCUT2D eigenvalue weighted by Gasteiger charge is 2.05. The minimum atomic E-state index is -0.289. The number of hydrogen-bond acceptors (Lipinski definition) is 2. The Morgan fingerprint density at radius 1 is 1.44 bits per heavy atom. The third-order valence-electron chi connectivity index (χ3n) is 2.72. The molecule has 0 aliphatic heterocycles. The summed E-state index contributed by atoms with van der Waals surface area (Å²) in [6.45, 7) is 2.55. The summed E-state index contributed by atoms with van der Waals surface area (Å²) in [6.07, 6.45) is 3.02. The van der Waals surface area contributed by atoms with Crippen molar-refractivity contribution in [2.75, 3.05) is 13.7 Å². The van der Waals surface area contributed by atoms with E-state index in [-0.39, 0.29) is 11.7 Å². The standard InChI is InChI=1S/C14H20FNO2/c1-3-4-5-14(17)16-9-8-11-10-12(15)6-7-13(11)18-2/h6-7,10H,3-5,8-9H2,1-2H3,(H,16,17). The van der Waals surface area contributed by atoms with E-state index >= 15 is 0 Å². The van der Waals surface area contributed by atoms with Crippen LogP contribution < -0.4 is 10.1 Å². The Bertz CT molecular complexity index is 393. The first-order chi connectivity index (χ1) is 8.67. The number of carbonyl (C=O) groups excluding carboxylic acids is 1. The average Bonchev–Trinajstić information content (AvgIpc) is 2.36. The fourth-order valence-electron chi connectivity index (χ4n) is 1.70. The van der Waals surface area contributed by atoms with E-state index in [2.05, 4.69) is 5.32 Å². The summed E-state index contributed by atoms with van der Waals surface area (Å²) in [5, 5.41) is 2.82. The highest BCUT2D eigenvalue weighted by atomic mass is 19.1. The maximum Gasteiger partial charge on any atom is 0.220 e. The first-order valence-corrected chi connectivity index (χ1v) is 6.26. The van der Waals surface area contributed by atoms with Gasteiger partial charge in [-0.15, -0.1) is 0 Å². The van der Waals surface area contributed by atoms with Crippen LogP contribution >= 0.6 is 0 Å². The molecule has 1 rings (SSSR count). The number of benzene rings is 1. The molecule has 4 heteroatoms. The van der Waals surface area contributed by atoms with Crippen molar-refractivity contribution in [1.29, 1.82) is 0 Å². The minimum absolute atomic E-state index is 0.0484. The number of hydrogen-bond donors (Lipinski definition) is 1. The fraction of sp³-hybridized carbons (Fsp3) is 0.500. The summed E-state index contributed by atoms with van der Waals surface area (Å²) in [7, 11) is 1.55. The average molecular weight is 253 g/mol. The Balaban J connectivity index is 2.43. The number of methoxy groups -OCH3 is 1. The molecule has 0 spiro atoms. The maximum absolute atomic E-state index is 13.1. The van der Waals surface area contributed by atoms with Gasteiger partial charge >= 0.3 is 0 Å². The van der Waals surface area contributed by atoms with Gasteiger partial charge in [0, 0.05) is 13.0 Å². The Hall–Kier alpha value is -1.58. The van der Waals surface area contributed by atoms with Gasteiger partial charge in [-0.3, -0.25) is 4.79 Å². The topological polar surface area (TPSA) is 38.3 Å². The van der Waals surface area contributed by atoms with Crippen LogP contribution in [-0.4, -0.2) is 19.6 Å². The summed E-state index contributed by atoms with van der Waals surface area (Å²) in [6, 6.07) is 4.41. The second-order valence-electron chi connectivity index (χ2n) is 4.16. The number of carbonyl (C=O) groups is 1. The molecule has 0 saturated heterocycles. The lowest BCUT2D eigenvalue weighted by Crippen LogP contribution is -2.25. The van der Waals surface area contributed by atoms with E-state index in [1.54, 1.807) is 13.2 Å². The number of ether oxygens (including phenoxy) is 1. The molecule has 0 atom stereocenters. The van der Waals surface area contributed by atoms with Gasteiger partial charge in [-0.2, -0.15) is 0 Å². The zero-order valence-corrected chi connectivity index (χ0v) is 11.0. The van der Waals surface area contributed by atoms with E-state index in [4.69, 9.17) is 4.74 Å². The van der Waals surface area contributed by atoms with Crippen LogP contribution in [0.25, 0.3) is 0 Å². The van der Waals surface area contributed by atoms with Gasteiger partial charge in [-0.1, -0.05) is 13.3 Å². The van der Waals surface area contributed by atoms with Crippen LogP contribution in [0.1, 0.15) is 31.7 Å². The zero-order chi connectivity index (χ0) is 13.4.